The Hall–Kier alpha value is -1.42. The third-order valence-electron chi connectivity index (χ3n) is 1.79. The number of halogens is 1. The van der Waals surface area contributed by atoms with Gasteiger partial charge < -0.3 is 0 Å². The van der Waals surface area contributed by atoms with Crippen LogP contribution in [0.15, 0.2) is 18.2 Å². The highest BCUT2D eigenvalue weighted by molar-refractivity contribution is 6.33. The van der Waals surface area contributed by atoms with Crippen LogP contribution in [0, 0.1) is 6.92 Å². The van der Waals surface area contributed by atoms with Crippen LogP contribution in [0.5, 0.6) is 0 Å². The molecule has 1 aromatic carbocycles. The van der Waals surface area contributed by atoms with E-state index in [1.54, 1.807) is 6.07 Å². The SMILES string of the molecule is Cc1cccc(Cl)c1-c1nn[nH]n1. The Morgan fingerprint density at radius 3 is 2.85 bits per heavy atom. The predicted molar refractivity (Wildman–Crippen MR) is 49.4 cm³/mol. The number of tetrazole rings is 1. The number of hydrogen-bond acceptors (Lipinski definition) is 3. The fourth-order valence-electron chi connectivity index (χ4n) is 1.18. The number of nitrogens with zero attached hydrogens (tertiary/aromatic N) is 3. The second kappa shape index (κ2) is 3.14. The van der Waals surface area contributed by atoms with Crippen molar-refractivity contribution < 1.29 is 0 Å². The van der Waals surface area contributed by atoms with Crippen molar-refractivity contribution in [1.29, 1.82) is 0 Å². The average Bonchev–Trinajstić information content (AvgIpc) is 2.57. The molecule has 0 atom stereocenters. The van der Waals surface area contributed by atoms with Crippen molar-refractivity contribution >= 4 is 11.6 Å². The Kier molecular flexibility index (Phi) is 1.98. The van der Waals surface area contributed by atoms with E-state index >= 15 is 0 Å². The average molecular weight is 195 g/mol. The fourth-order valence-corrected chi connectivity index (χ4v) is 1.49. The maximum Gasteiger partial charge on any atom is 0.206 e. The molecule has 13 heavy (non-hydrogen) atoms. The molecule has 0 saturated carbocycles. The Balaban J connectivity index is 2.64. The molecule has 0 saturated heterocycles. The number of hydrogen-bond donors (Lipinski definition) is 1. The van der Waals surface area contributed by atoms with Gasteiger partial charge in [0.25, 0.3) is 0 Å². The summed E-state index contributed by atoms with van der Waals surface area (Å²) in [5, 5.41) is 14.3. The first-order valence-corrected chi connectivity index (χ1v) is 4.16. The van der Waals surface area contributed by atoms with Crippen molar-refractivity contribution in [3.05, 3.63) is 28.8 Å². The molecule has 2 rings (SSSR count). The second-order valence-corrected chi connectivity index (χ2v) is 3.07. The van der Waals surface area contributed by atoms with Crippen LogP contribution in [0.25, 0.3) is 11.4 Å². The minimum Gasteiger partial charge on any atom is -0.177 e. The smallest absolute Gasteiger partial charge is 0.177 e. The number of nitrogens with one attached hydrogen (secondary N) is 1. The zero-order valence-corrected chi connectivity index (χ0v) is 7.71. The van der Waals surface area contributed by atoms with Gasteiger partial charge in [-0.2, -0.15) is 5.21 Å². The lowest BCUT2D eigenvalue weighted by Crippen LogP contribution is -1.86. The Labute approximate surface area is 79.9 Å². The zero-order valence-electron chi connectivity index (χ0n) is 6.95. The molecular weight excluding hydrogens is 188 g/mol. The largest absolute Gasteiger partial charge is 0.206 e. The molecule has 0 radical (unpaired) electrons. The molecule has 0 aliphatic heterocycles. The fraction of sp³-hybridized carbons (Fsp3) is 0.125. The lowest BCUT2D eigenvalue weighted by Gasteiger charge is -2.01. The second-order valence-electron chi connectivity index (χ2n) is 2.67. The predicted octanol–water partition coefficient (Wildman–Crippen LogP) is 1.83. The van der Waals surface area contributed by atoms with Crippen molar-refractivity contribution in [2.24, 2.45) is 0 Å². The van der Waals surface area contributed by atoms with E-state index in [-0.39, 0.29) is 0 Å². The number of rotatable bonds is 1. The highest BCUT2D eigenvalue weighted by Crippen LogP contribution is 2.27. The number of benzene rings is 1. The van der Waals surface area contributed by atoms with Gasteiger partial charge in [-0.1, -0.05) is 23.7 Å². The molecule has 0 aliphatic rings. The van der Waals surface area contributed by atoms with Gasteiger partial charge in [-0.15, -0.1) is 10.2 Å². The summed E-state index contributed by atoms with van der Waals surface area (Å²) < 4.78 is 0. The van der Waals surface area contributed by atoms with Crippen LogP contribution in [0.3, 0.4) is 0 Å². The van der Waals surface area contributed by atoms with E-state index in [0.717, 1.165) is 11.1 Å². The molecule has 1 aromatic heterocycles. The van der Waals surface area contributed by atoms with E-state index in [0.29, 0.717) is 10.8 Å². The summed E-state index contributed by atoms with van der Waals surface area (Å²) in [5.41, 5.74) is 1.87. The Morgan fingerprint density at radius 2 is 2.23 bits per heavy atom. The van der Waals surface area contributed by atoms with E-state index in [1.165, 1.54) is 0 Å². The van der Waals surface area contributed by atoms with Gasteiger partial charge in [0.1, 0.15) is 0 Å². The molecule has 2 aromatic rings. The molecule has 5 heteroatoms. The summed E-state index contributed by atoms with van der Waals surface area (Å²) in [6.07, 6.45) is 0. The van der Waals surface area contributed by atoms with Crippen LogP contribution in [-0.4, -0.2) is 20.6 Å². The third-order valence-corrected chi connectivity index (χ3v) is 2.11. The van der Waals surface area contributed by atoms with Crippen molar-refractivity contribution in [3.8, 4) is 11.4 Å². The normalized spacial score (nSPS) is 10.3. The first-order chi connectivity index (χ1) is 6.29. The summed E-state index contributed by atoms with van der Waals surface area (Å²) in [4.78, 5) is 0. The lowest BCUT2D eigenvalue weighted by molar-refractivity contribution is 0.881. The molecule has 1 heterocycles. The van der Waals surface area contributed by atoms with Gasteiger partial charge in [0, 0.05) is 5.56 Å². The molecule has 0 bridgehead atoms. The molecule has 0 unspecified atom stereocenters. The Bertz CT molecular complexity index is 390. The molecule has 0 amide bonds. The lowest BCUT2D eigenvalue weighted by atomic mass is 10.1. The van der Waals surface area contributed by atoms with E-state index in [9.17, 15) is 0 Å². The monoisotopic (exact) mass is 194 g/mol. The number of aromatic amines is 1. The van der Waals surface area contributed by atoms with Gasteiger partial charge in [0.2, 0.25) is 5.82 Å². The molecule has 0 fully saturated rings. The highest BCUT2D eigenvalue weighted by Gasteiger charge is 2.09. The van der Waals surface area contributed by atoms with Gasteiger partial charge in [0.05, 0.1) is 5.02 Å². The first kappa shape index (κ1) is 8.19. The van der Waals surface area contributed by atoms with Crippen LogP contribution in [0.2, 0.25) is 5.02 Å². The van der Waals surface area contributed by atoms with Crippen molar-refractivity contribution in [2.45, 2.75) is 6.92 Å². The first-order valence-electron chi connectivity index (χ1n) is 3.78. The van der Waals surface area contributed by atoms with Gasteiger partial charge in [-0.25, -0.2) is 0 Å². The molecule has 4 nitrogen and oxygen atoms in total. The number of H-pyrrole nitrogens is 1. The van der Waals surface area contributed by atoms with Gasteiger partial charge in [-0.3, -0.25) is 0 Å². The minimum absolute atomic E-state index is 0.531. The number of aryl methyl sites for hydroxylation is 1. The topological polar surface area (TPSA) is 54.5 Å². The maximum absolute atomic E-state index is 6.00. The highest BCUT2D eigenvalue weighted by atomic mass is 35.5. The van der Waals surface area contributed by atoms with Gasteiger partial charge in [-0.05, 0) is 23.8 Å². The summed E-state index contributed by atoms with van der Waals surface area (Å²) in [6.45, 7) is 1.96. The van der Waals surface area contributed by atoms with Crippen LogP contribution in [-0.2, 0) is 0 Å². The zero-order chi connectivity index (χ0) is 9.26. The van der Waals surface area contributed by atoms with Crippen LogP contribution < -0.4 is 0 Å². The van der Waals surface area contributed by atoms with Crippen molar-refractivity contribution in [1.82, 2.24) is 20.6 Å². The third kappa shape index (κ3) is 1.40. The Morgan fingerprint density at radius 1 is 1.38 bits per heavy atom. The minimum atomic E-state index is 0.531. The van der Waals surface area contributed by atoms with Gasteiger partial charge in [0.15, 0.2) is 0 Å². The number of aromatic nitrogens is 4. The maximum atomic E-state index is 6.00. The van der Waals surface area contributed by atoms with Gasteiger partial charge >= 0.3 is 0 Å². The van der Waals surface area contributed by atoms with Crippen LogP contribution in [0.4, 0.5) is 0 Å². The molecule has 66 valence electrons. The quantitative estimate of drug-likeness (QED) is 0.754. The van der Waals surface area contributed by atoms with E-state index in [2.05, 4.69) is 20.6 Å². The molecule has 0 aliphatic carbocycles. The molecule has 0 spiro atoms. The van der Waals surface area contributed by atoms with Crippen LogP contribution >= 0.6 is 11.6 Å². The summed E-state index contributed by atoms with van der Waals surface area (Å²) in [7, 11) is 0. The summed E-state index contributed by atoms with van der Waals surface area (Å²) in [6, 6.07) is 5.65. The van der Waals surface area contributed by atoms with Crippen LogP contribution in [0.1, 0.15) is 5.56 Å². The van der Waals surface area contributed by atoms with E-state index in [4.69, 9.17) is 11.6 Å². The van der Waals surface area contributed by atoms with E-state index < -0.39 is 0 Å². The standard InChI is InChI=1S/C8H7ClN4/c1-5-3-2-4-6(9)7(5)8-10-12-13-11-8/h2-4H,1H3,(H,10,11,12,13). The van der Waals surface area contributed by atoms with Crippen molar-refractivity contribution in [2.75, 3.05) is 0 Å². The summed E-state index contributed by atoms with van der Waals surface area (Å²) in [5.74, 6) is 0.531. The summed E-state index contributed by atoms with van der Waals surface area (Å²) >= 11 is 6.00. The van der Waals surface area contributed by atoms with E-state index in [1.807, 2.05) is 19.1 Å². The molecular formula is C8H7ClN4. The van der Waals surface area contributed by atoms with Crippen molar-refractivity contribution in [3.63, 3.8) is 0 Å². The molecule has 1 N–H and O–H groups in total.